The van der Waals surface area contributed by atoms with Gasteiger partial charge < -0.3 is 5.32 Å². The van der Waals surface area contributed by atoms with Crippen molar-refractivity contribution < 1.29 is 0 Å². The summed E-state index contributed by atoms with van der Waals surface area (Å²) >= 11 is 3.56. The minimum atomic E-state index is 0.736. The zero-order valence-corrected chi connectivity index (χ0v) is 12.3. The van der Waals surface area contributed by atoms with Gasteiger partial charge in [-0.15, -0.1) is 0 Å². The van der Waals surface area contributed by atoms with Gasteiger partial charge in [0.05, 0.1) is 0 Å². The van der Waals surface area contributed by atoms with Crippen LogP contribution in [0.1, 0.15) is 31.2 Å². The second-order valence-corrected chi connectivity index (χ2v) is 6.43. The van der Waals surface area contributed by atoms with Crippen molar-refractivity contribution in [3.05, 3.63) is 34.3 Å². The second kappa shape index (κ2) is 5.72. The smallest absolute Gasteiger partial charge is 0.0253 e. The van der Waals surface area contributed by atoms with E-state index in [1.165, 1.54) is 48.8 Å². The van der Waals surface area contributed by atoms with Crippen LogP contribution in [0.2, 0.25) is 0 Å². The fraction of sp³-hybridized carbons (Fsp3) is 0.600. The van der Waals surface area contributed by atoms with E-state index in [0.29, 0.717) is 0 Å². The highest BCUT2D eigenvalue weighted by Crippen LogP contribution is 2.26. The van der Waals surface area contributed by atoms with E-state index in [0.717, 1.165) is 18.6 Å². The summed E-state index contributed by atoms with van der Waals surface area (Å²) in [5.41, 5.74) is 1.43. The summed E-state index contributed by atoms with van der Waals surface area (Å²) in [7, 11) is 0. The highest BCUT2D eigenvalue weighted by Gasteiger charge is 2.32. The molecule has 3 heteroatoms. The predicted molar refractivity (Wildman–Crippen MR) is 78.6 cm³/mol. The minimum absolute atomic E-state index is 0.736. The molecule has 0 bridgehead atoms. The molecule has 3 rings (SSSR count). The van der Waals surface area contributed by atoms with Gasteiger partial charge in [0.15, 0.2) is 0 Å². The van der Waals surface area contributed by atoms with Crippen LogP contribution in [0.15, 0.2) is 28.7 Å². The average Bonchev–Trinajstić information content (AvgIpc) is 2.98. The van der Waals surface area contributed by atoms with Crippen molar-refractivity contribution >= 4 is 15.9 Å². The molecule has 1 aromatic rings. The molecule has 0 aromatic heterocycles. The molecule has 2 unspecified atom stereocenters. The highest BCUT2D eigenvalue weighted by molar-refractivity contribution is 9.10. The molecule has 18 heavy (non-hydrogen) atoms. The summed E-state index contributed by atoms with van der Waals surface area (Å²) in [6, 6.07) is 10.2. The normalized spacial score (nSPS) is 28.9. The average molecular weight is 309 g/mol. The third-order valence-corrected chi connectivity index (χ3v) is 4.75. The Balaban J connectivity index is 1.67. The fourth-order valence-electron chi connectivity index (χ4n) is 3.41. The molecule has 0 aliphatic carbocycles. The van der Waals surface area contributed by atoms with Crippen LogP contribution in [-0.4, -0.2) is 30.1 Å². The fourth-order valence-corrected chi connectivity index (χ4v) is 3.86. The first-order valence-corrected chi connectivity index (χ1v) is 7.84. The van der Waals surface area contributed by atoms with Crippen molar-refractivity contribution in [3.8, 4) is 0 Å². The van der Waals surface area contributed by atoms with Gasteiger partial charge in [0.25, 0.3) is 0 Å². The molecule has 98 valence electrons. The molecule has 2 atom stereocenters. The van der Waals surface area contributed by atoms with Crippen LogP contribution < -0.4 is 5.32 Å². The minimum Gasteiger partial charge on any atom is -0.312 e. The molecule has 0 spiro atoms. The van der Waals surface area contributed by atoms with Gasteiger partial charge in [-0.2, -0.15) is 0 Å². The Kier molecular flexibility index (Phi) is 4.02. The maximum Gasteiger partial charge on any atom is 0.0253 e. The van der Waals surface area contributed by atoms with Crippen LogP contribution in [0.4, 0.5) is 0 Å². The number of hydrogen-bond donors (Lipinski definition) is 1. The van der Waals surface area contributed by atoms with E-state index in [4.69, 9.17) is 0 Å². The summed E-state index contributed by atoms with van der Waals surface area (Å²) in [5.74, 6) is 0. The number of rotatable bonds is 3. The molecule has 0 radical (unpaired) electrons. The van der Waals surface area contributed by atoms with Crippen LogP contribution in [0.3, 0.4) is 0 Å². The molecule has 1 N–H and O–H groups in total. The monoisotopic (exact) mass is 308 g/mol. The van der Waals surface area contributed by atoms with Gasteiger partial charge in [-0.05, 0) is 56.5 Å². The Labute approximate surface area is 118 Å². The maximum absolute atomic E-state index is 3.67. The molecule has 2 nitrogen and oxygen atoms in total. The Bertz CT molecular complexity index is 401. The largest absolute Gasteiger partial charge is 0.312 e. The van der Waals surface area contributed by atoms with Gasteiger partial charge in [-0.1, -0.05) is 28.1 Å². The van der Waals surface area contributed by atoms with E-state index >= 15 is 0 Å². The summed E-state index contributed by atoms with van der Waals surface area (Å²) in [5, 5.41) is 3.67. The van der Waals surface area contributed by atoms with Gasteiger partial charge in [-0.25, -0.2) is 0 Å². The first kappa shape index (κ1) is 12.6. The van der Waals surface area contributed by atoms with E-state index in [-0.39, 0.29) is 0 Å². The second-order valence-electron chi connectivity index (χ2n) is 5.51. The van der Waals surface area contributed by atoms with E-state index < -0.39 is 0 Å². The van der Waals surface area contributed by atoms with Crippen LogP contribution >= 0.6 is 15.9 Å². The molecular formula is C15H21BrN2. The molecule has 1 aromatic carbocycles. The lowest BCUT2D eigenvalue weighted by Crippen LogP contribution is -2.43. The van der Waals surface area contributed by atoms with Gasteiger partial charge in [0.2, 0.25) is 0 Å². The summed E-state index contributed by atoms with van der Waals surface area (Å²) < 4.78 is 1.19. The van der Waals surface area contributed by atoms with Crippen molar-refractivity contribution in [3.63, 3.8) is 0 Å². The number of nitrogens with one attached hydrogen (secondary N) is 1. The SMILES string of the molecule is Brc1cccc(CN2CCCC2C2CCCN2)c1. The molecule has 2 heterocycles. The van der Waals surface area contributed by atoms with Crippen LogP contribution in [0.5, 0.6) is 0 Å². The molecule has 2 aliphatic rings. The van der Waals surface area contributed by atoms with E-state index in [9.17, 15) is 0 Å². The number of benzene rings is 1. The molecule has 0 amide bonds. The van der Waals surface area contributed by atoms with Crippen molar-refractivity contribution in [2.45, 2.75) is 44.3 Å². The summed E-state index contributed by atoms with van der Waals surface area (Å²) in [6.07, 6.45) is 5.44. The van der Waals surface area contributed by atoms with E-state index in [1.807, 2.05) is 0 Å². The lowest BCUT2D eigenvalue weighted by Gasteiger charge is -2.29. The Morgan fingerprint density at radius 2 is 2.22 bits per heavy atom. The van der Waals surface area contributed by atoms with Gasteiger partial charge >= 0.3 is 0 Å². The molecule has 0 saturated carbocycles. The van der Waals surface area contributed by atoms with Crippen LogP contribution in [0, 0.1) is 0 Å². The van der Waals surface area contributed by atoms with E-state index in [2.05, 4.69) is 50.4 Å². The van der Waals surface area contributed by atoms with Crippen LogP contribution in [-0.2, 0) is 6.54 Å². The van der Waals surface area contributed by atoms with Gasteiger partial charge in [0.1, 0.15) is 0 Å². The lowest BCUT2D eigenvalue weighted by molar-refractivity contribution is 0.206. The van der Waals surface area contributed by atoms with Crippen LogP contribution in [0.25, 0.3) is 0 Å². The predicted octanol–water partition coefficient (Wildman–Crippen LogP) is 3.17. The third kappa shape index (κ3) is 2.79. The third-order valence-electron chi connectivity index (χ3n) is 4.25. The molecule has 2 aliphatic heterocycles. The van der Waals surface area contributed by atoms with E-state index in [1.54, 1.807) is 0 Å². The number of hydrogen-bond acceptors (Lipinski definition) is 2. The lowest BCUT2D eigenvalue weighted by atomic mass is 10.0. The van der Waals surface area contributed by atoms with Gasteiger partial charge in [-0.3, -0.25) is 4.90 Å². The standard InChI is InChI=1S/C15H21BrN2/c16-13-5-1-4-12(10-13)11-18-9-3-7-15(18)14-6-2-8-17-14/h1,4-5,10,14-15,17H,2-3,6-9,11H2. The van der Waals surface area contributed by atoms with Crippen molar-refractivity contribution in [1.29, 1.82) is 0 Å². The summed E-state index contributed by atoms with van der Waals surface area (Å²) in [4.78, 5) is 2.67. The highest BCUT2D eigenvalue weighted by atomic mass is 79.9. The number of nitrogens with zero attached hydrogens (tertiary/aromatic N) is 1. The summed E-state index contributed by atoms with van der Waals surface area (Å²) in [6.45, 7) is 3.57. The first-order valence-electron chi connectivity index (χ1n) is 7.05. The molecular weight excluding hydrogens is 288 g/mol. The Morgan fingerprint density at radius 3 is 3.00 bits per heavy atom. The zero-order valence-electron chi connectivity index (χ0n) is 10.7. The quantitative estimate of drug-likeness (QED) is 0.922. The maximum atomic E-state index is 3.67. The first-order chi connectivity index (χ1) is 8.83. The number of likely N-dealkylation sites (tertiary alicyclic amines) is 1. The Hall–Kier alpha value is -0.380. The van der Waals surface area contributed by atoms with Crippen molar-refractivity contribution in [2.24, 2.45) is 0 Å². The van der Waals surface area contributed by atoms with Crippen molar-refractivity contribution in [2.75, 3.05) is 13.1 Å². The zero-order chi connectivity index (χ0) is 12.4. The molecule has 2 fully saturated rings. The van der Waals surface area contributed by atoms with Crippen molar-refractivity contribution in [1.82, 2.24) is 10.2 Å². The Morgan fingerprint density at radius 1 is 1.28 bits per heavy atom. The molecule has 2 saturated heterocycles. The topological polar surface area (TPSA) is 15.3 Å². The number of halogens is 1. The van der Waals surface area contributed by atoms with Gasteiger partial charge in [0, 0.05) is 23.1 Å².